The molecule has 4 nitrogen and oxygen atoms in total. The summed E-state index contributed by atoms with van der Waals surface area (Å²) in [6.45, 7) is 5.34. The lowest BCUT2D eigenvalue weighted by Crippen LogP contribution is -2.42. The van der Waals surface area contributed by atoms with Crippen LogP contribution in [0.2, 0.25) is 0 Å². The lowest BCUT2D eigenvalue weighted by molar-refractivity contribution is 0.0908. The van der Waals surface area contributed by atoms with Crippen LogP contribution in [0.3, 0.4) is 0 Å². The molecule has 19 heavy (non-hydrogen) atoms. The molecule has 0 fully saturated rings. The van der Waals surface area contributed by atoms with Crippen molar-refractivity contribution < 1.29 is 13.5 Å². The van der Waals surface area contributed by atoms with E-state index in [0.717, 1.165) is 11.1 Å². The van der Waals surface area contributed by atoms with Gasteiger partial charge >= 0.3 is 0 Å². The summed E-state index contributed by atoms with van der Waals surface area (Å²) in [5.41, 5.74) is 0.748. The third-order valence-electron chi connectivity index (χ3n) is 2.60. The molecule has 0 spiro atoms. The van der Waals surface area contributed by atoms with Gasteiger partial charge in [-0.05, 0) is 50.3 Å². The van der Waals surface area contributed by atoms with Gasteiger partial charge in [0, 0.05) is 12.3 Å². The third-order valence-corrected chi connectivity index (χ3v) is 4.90. The van der Waals surface area contributed by atoms with Gasteiger partial charge in [-0.3, -0.25) is 0 Å². The molecular weight excluding hydrogens is 282 g/mol. The molecule has 2 N–H and O–H groups in total. The molecule has 1 aromatic rings. The normalized spacial score (nSPS) is 15.2. The molecule has 0 aliphatic rings. The summed E-state index contributed by atoms with van der Waals surface area (Å²) in [7, 11) is -3.58. The lowest BCUT2D eigenvalue weighted by Gasteiger charge is -2.22. The first-order valence-electron chi connectivity index (χ1n) is 5.95. The Hall–Kier alpha value is -0.560. The molecule has 108 valence electrons. The predicted octanol–water partition coefficient (Wildman–Crippen LogP) is 1.70. The van der Waals surface area contributed by atoms with Crippen LogP contribution in [-0.2, 0) is 10.0 Å². The molecule has 1 rings (SSSR count). The van der Waals surface area contributed by atoms with Crippen LogP contribution in [0.4, 0.5) is 0 Å². The van der Waals surface area contributed by atoms with Crippen LogP contribution < -0.4 is 4.72 Å². The van der Waals surface area contributed by atoms with Crippen molar-refractivity contribution in [3.05, 3.63) is 29.3 Å². The van der Waals surface area contributed by atoms with Crippen molar-refractivity contribution in [3.8, 4) is 0 Å². The van der Waals surface area contributed by atoms with Crippen LogP contribution in [0, 0.1) is 13.8 Å². The highest BCUT2D eigenvalue weighted by Crippen LogP contribution is 2.15. The number of benzene rings is 1. The second kappa shape index (κ2) is 6.26. The molecule has 0 amide bonds. The Labute approximate surface area is 119 Å². The third kappa shape index (κ3) is 5.14. The first kappa shape index (κ1) is 16.5. The van der Waals surface area contributed by atoms with Gasteiger partial charge in [0.15, 0.2) is 0 Å². The quantitative estimate of drug-likeness (QED) is 0.839. The van der Waals surface area contributed by atoms with E-state index in [0.29, 0.717) is 5.75 Å². The maximum absolute atomic E-state index is 12.2. The highest BCUT2D eigenvalue weighted by atomic mass is 32.2. The summed E-state index contributed by atoms with van der Waals surface area (Å²) in [6.07, 6.45) is 1.87. The van der Waals surface area contributed by atoms with Crippen molar-refractivity contribution in [2.75, 3.05) is 18.6 Å². The van der Waals surface area contributed by atoms with Gasteiger partial charge in [0.1, 0.15) is 0 Å². The maximum Gasteiger partial charge on any atom is 0.240 e. The Kier molecular flexibility index (Phi) is 5.43. The topological polar surface area (TPSA) is 66.4 Å². The SMILES string of the molecule is CSCC(C)(O)CNS(=O)(=O)c1cc(C)cc(C)c1. The molecule has 0 saturated carbocycles. The van der Waals surface area contributed by atoms with Gasteiger partial charge in [-0.25, -0.2) is 13.1 Å². The minimum atomic E-state index is -3.58. The Balaban J connectivity index is 2.87. The molecule has 0 aliphatic heterocycles. The van der Waals surface area contributed by atoms with Crippen molar-refractivity contribution in [1.29, 1.82) is 0 Å². The van der Waals surface area contributed by atoms with Crippen molar-refractivity contribution in [2.45, 2.75) is 31.3 Å². The van der Waals surface area contributed by atoms with Crippen LogP contribution >= 0.6 is 11.8 Å². The van der Waals surface area contributed by atoms with Gasteiger partial charge in [0.2, 0.25) is 10.0 Å². The summed E-state index contributed by atoms with van der Waals surface area (Å²) in [4.78, 5) is 0.241. The minimum absolute atomic E-state index is 0.00314. The number of aliphatic hydroxyl groups is 1. The Morgan fingerprint density at radius 2 is 1.79 bits per heavy atom. The highest BCUT2D eigenvalue weighted by molar-refractivity contribution is 7.98. The Morgan fingerprint density at radius 3 is 2.26 bits per heavy atom. The minimum Gasteiger partial charge on any atom is -0.388 e. The zero-order valence-corrected chi connectivity index (χ0v) is 13.4. The zero-order chi connectivity index (χ0) is 14.7. The van der Waals surface area contributed by atoms with E-state index >= 15 is 0 Å². The number of sulfonamides is 1. The van der Waals surface area contributed by atoms with Gasteiger partial charge in [-0.1, -0.05) is 6.07 Å². The van der Waals surface area contributed by atoms with Crippen LogP contribution in [0.15, 0.2) is 23.1 Å². The molecule has 0 bridgehead atoms. The monoisotopic (exact) mass is 303 g/mol. The Bertz CT molecular complexity index is 519. The number of nitrogens with one attached hydrogen (secondary N) is 1. The number of aryl methyl sites for hydroxylation is 2. The van der Waals surface area contributed by atoms with Gasteiger partial charge < -0.3 is 5.11 Å². The fraction of sp³-hybridized carbons (Fsp3) is 0.538. The first-order chi connectivity index (χ1) is 8.66. The molecule has 0 aromatic heterocycles. The maximum atomic E-state index is 12.2. The molecule has 0 radical (unpaired) electrons. The van der Waals surface area contributed by atoms with Crippen molar-refractivity contribution in [2.24, 2.45) is 0 Å². The Morgan fingerprint density at radius 1 is 1.26 bits per heavy atom. The predicted molar refractivity (Wildman–Crippen MR) is 80.1 cm³/mol. The van der Waals surface area contributed by atoms with Gasteiger partial charge in [-0.2, -0.15) is 11.8 Å². The summed E-state index contributed by atoms with van der Waals surface area (Å²) < 4.78 is 26.8. The van der Waals surface area contributed by atoms with Gasteiger partial charge in [0.05, 0.1) is 10.5 Å². The largest absolute Gasteiger partial charge is 0.388 e. The van der Waals surface area contributed by atoms with Crippen LogP contribution in [0.5, 0.6) is 0 Å². The fourth-order valence-electron chi connectivity index (χ4n) is 1.78. The summed E-state index contributed by atoms with van der Waals surface area (Å²) in [5.74, 6) is 0.475. The summed E-state index contributed by atoms with van der Waals surface area (Å²) in [5, 5.41) is 9.99. The van der Waals surface area contributed by atoms with E-state index in [1.54, 1.807) is 19.1 Å². The van der Waals surface area contributed by atoms with Crippen LogP contribution in [-0.4, -0.2) is 37.7 Å². The average Bonchev–Trinajstić information content (AvgIpc) is 2.25. The summed E-state index contributed by atoms with van der Waals surface area (Å²) in [6, 6.07) is 5.17. The highest BCUT2D eigenvalue weighted by Gasteiger charge is 2.23. The molecule has 0 aliphatic carbocycles. The van der Waals surface area contributed by atoms with Gasteiger partial charge in [0.25, 0.3) is 0 Å². The van der Waals surface area contributed by atoms with Crippen LogP contribution in [0.25, 0.3) is 0 Å². The second-order valence-corrected chi connectivity index (χ2v) is 7.71. The molecule has 1 aromatic carbocycles. The number of thioether (sulfide) groups is 1. The van der Waals surface area contributed by atoms with E-state index in [1.807, 2.05) is 26.2 Å². The van der Waals surface area contributed by atoms with Crippen molar-refractivity contribution in [1.82, 2.24) is 4.72 Å². The van der Waals surface area contributed by atoms with Crippen LogP contribution in [0.1, 0.15) is 18.1 Å². The lowest BCUT2D eigenvalue weighted by atomic mass is 10.1. The molecule has 1 unspecified atom stereocenters. The van der Waals surface area contributed by atoms with Gasteiger partial charge in [-0.15, -0.1) is 0 Å². The van der Waals surface area contributed by atoms with E-state index in [9.17, 15) is 13.5 Å². The van der Waals surface area contributed by atoms with E-state index < -0.39 is 15.6 Å². The molecule has 6 heteroatoms. The standard InChI is InChI=1S/C13H21NO3S2/c1-10-5-11(2)7-12(6-10)19(16,17)14-8-13(3,15)9-18-4/h5-7,14-15H,8-9H2,1-4H3. The summed E-state index contributed by atoms with van der Waals surface area (Å²) >= 11 is 1.48. The van der Waals surface area contributed by atoms with E-state index in [4.69, 9.17) is 0 Å². The molecular formula is C13H21NO3S2. The van der Waals surface area contributed by atoms with E-state index in [1.165, 1.54) is 11.8 Å². The van der Waals surface area contributed by atoms with Crippen molar-refractivity contribution in [3.63, 3.8) is 0 Å². The number of rotatable bonds is 6. The average molecular weight is 303 g/mol. The zero-order valence-electron chi connectivity index (χ0n) is 11.7. The molecule has 0 heterocycles. The fourth-order valence-corrected chi connectivity index (χ4v) is 3.86. The van der Waals surface area contributed by atoms with Crippen molar-refractivity contribution >= 4 is 21.8 Å². The smallest absolute Gasteiger partial charge is 0.240 e. The molecule has 1 atom stereocenters. The molecule has 0 saturated heterocycles. The second-order valence-electron chi connectivity index (χ2n) is 5.08. The van der Waals surface area contributed by atoms with E-state index in [-0.39, 0.29) is 11.4 Å². The first-order valence-corrected chi connectivity index (χ1v) is 8.83. The van der Waals surface area contributed by atoms with E-state index in [2.05, 4.69) is 4.72 Å². The number of hydrogen-bond donors (Lipinski definition) is 2. The number of hydrogen-bond acceptors (Lipinski definition) is 4.